The van der Waals surface area contributed by atoms with Gasteiger partial charge < -0.3 is 5.32 Å². The highest BCUT2D eigenvalue weighted by atomic mass is 19.4. The van der Waals surface area contributed by atoms with Gasteiger partial charge in [-0.25, -0.2) is 8.78 Å². The van der Waals surface area contributed by atoms with E-state index in [1.165, 1.54) is 0 Å². The molecule has 0 bridgehead atoms. The molecule has 1 N–H and O–H groups in total. The number of fused-ring (bicyclic) bond motifs is 1. The van der Waals surface area contributed by atoms with Gasteiger partial charge in [0.1, 0.15) is 11.6 Å². The monoisotopic (exact) mass is 279 g/mol. The Morgan fingerprint density at radius 3 is 2.47 bits per heavy atom. The molecule has 0 spiro atoms. The first-order valence-corrected chi connectivity index (χ1v) is 5.10. The maximum absolute atomic E-state index is 13.4. The molecule has 1 aliphatic rings. The van der Waals surface area contributed by atoms with Crippen LogP contribution in [0.25, 0.3) is 0 Å². The molecule has 0 heterocycles. The van der Waals surface area contributed by atoms with Crippen molar-refractivity contribution in [2.45, 2.75) is 18.6 Å². The Morgan fingerprint density at radius 1 is 1.26 bits per heavy atom. The summed E-state index contributed by atoms with van der Waals surface area (Å²) in [4.78, 5) is 22.2. The Balaban J connectivity index is 2.35. The third-order valence-electron chi connectivity index (χ3n) is 2.69. The highest BCUT2D eigenvalue weighted by molar-refractivity contribution is 6.02. The number of carbonyl (C=O) groups excluding carboxylic acids is 2. The van der Waals surface area contributed by atoms with E-state index in [9.17, 15) is 31.5 Å². The van der Waals surface area contributed by atoms with Gasteiger partial charge in [-0.2, -0.15) is 13.2 Å². The Hall–Kier alpha value is -1.99. The van der Waals surface area contributed by atoms with Crippen molar-refractivity contribution in [2.75, 3.05) is 0 Å². The maximum atomic E-state index is 13.4. The van der Waals surface area contributed by atoms with Crippen LogP contribution in [0.15, 0.2) is 12.1 Å². The van der Waals surface area contributed by atoms with E-state index in [0.717, 1.165) is 6.07 Å². The topological polar surface area (TPSA) is 46.2 Å². The van der Waals surface area contributed by atoms with Gasteiger partial charge in [0.05, 0.1) is 11.6 Å². The molecule has 8 heteroatoms. The summed E-state index contributed by atoms with van der Waals surface area (Å²) in [5, 5.41) is 1.54. The first-order valence-electron chi connectivity index (χ1n) is 5.10. The largest absolute Gasteiger partial charge is 0.471 e. The number of benzene rings is 1. The molecular formula is C11H6F5NO2. The number of halogens is 5. The van der Waals surface area contributed by atoms with Crippen LogP contribution in [0.1, 0.15) is 28.4 Å². The normalized spacial score (nSPS) is 18.4. The number of amides is 1. The van der Waals surface area contributed by atoms with Crippen molar-refractivity contribution in [2.24, 2.45) is 0 Å². The molecule has 19 heavy (non-hydrogen) atoms. The molecule has 0 aliphatic heterocycles. The summed E-state index contributed by atoms with van der Waals surface area (Å²) in [6.45, 7) is 0. The molecule has 3 nitrogen and oxygen atoms in total. The van der Waals surface area contributed by atoms with Gasteiger partial charge in [0.25, 0.3) is 0 Å². The lowest BCUT2D eigenvalue weighted by molar-refractivity contribution is -0.174. The number of ketones is 1. The molecule has 1 unspecified atom stereocenters. The van der Waals surface area contributed by atoms with Crippen LogP contribution in [-0.4, -0.2) is 17.9 Å². The van der Waals surface area contributed by atoms with Crippen LogP contribution in [0, 0.1) is 11.6 Å². The van der Waals surface area contributed by atoms with Gasteiger partial charge in [-0.1, -0.05) is 0 Å². The fraction of sp³-hybridized carbons (Fsp3) is 0.273. The lowest BCUT2D eigenvalue weighted by Gasteiger charge is -2.14. The number of hydrogen-bond acceptors (Lipinski definition) is 2. The smallest absolute Gasteiger partial charge is 0.341 e. The Labute approximate surface area is 103 Å². The van der Waals surface area contributed by atoms with Crippen molar-refractivity contribution in [3.63, 3.8) is 0 Å². The molecule has 2 rings (SSSR count). The fourth-order valence-electron chi connectivity index (χ4n) is 1.93. The van der Waals surface area contributed by atoms with Gasteiger partial charge in [0.2, 0.25) is 0 Å². The summed E-state index contributed by atoms with van der Waals surface area (Å²) in [5.41, 5.74) is -0.756. The molecule has 0 radical (unpaired) electrons. The lowest BCUT2D eigenvalue weighted by atomic mass is 10.1. The predicted octanol–water partition coefficient (Wildman–Crippen LogP) is 2.27. The molecule has 102 valence electrons. The third kappa shape index (κ3) is 2.42. The van der Waals surface area contributed by atoms with Crippen LogP contribution in [0.3, 0.4) is 0 Å². The number of rotatable bonds is 1. The van der Waals surface area contributed by atoms with Crippen LogP contribution < -0.4 is 5.32 Å². The van der Waals surface area contributed by atoms with E-state index in [2.05, 4.69) is 0 Å². The Bertz CT molecular complexity index is 567. The first kappa shape index (κ1) is 13.4. The minimum absolute atomic E-state index is 0.278. The van der Waals surface area contributed by atoms with Crippen LogP contribution >= 0.6 is 0 Å². The molecule has 1 atom stereocenters. The summed E-state index contributed by atoms with van der Waals surface area (Å²) in [5.74, 6) is -5.22. The number of hydrogen-bond donors (Lipinski definition) is 1. The van der Waals surface area contributed by atoms with E-state index >= 15 is 0 Å². The zero-order valence-corrected chi connectivity index (χ0v) is 9.15. The molecule has 0 aromatic heterocycles. The van der Waals surface area contributed by atoms with Gasteiger partial charge in [-0.3, -0.25) is 9.59 Å². The minimum Gasteiger partial charge on any atom is -0.341 e. The van der Waals surface area contributed by atoms with E-state index in [4.69, 9.17) is 0 Å². The summed E-state index contributed by atoms with van der Waals surface area (Å²) in [6, 6.07) is -0.170. The molecule has 1 aromatic carbocycles. The van der Waals surface area contributed by atoms with Crippen LogP contribution in [-0.2, 0) is 4.79 Å². The summed E-state index contributed by atoms with van der Waals surface area (Å²) in [6.07, 6.45) is -5.66. The second kappa shape index (κ2) is 4.29. The van der Waals surface area contributed by atoms with Gasteiger partial charge in [-0.05, 0) is 11.6 Å². The van der Waals surface area contributed by atoms with E-state index in [1.54, 1.807) is 5.32 Å². The number of nitrogens with one attached hydrogen (secondary N) is 1. The van der Waals surface area contributed by atoms with E-state index < -0.39 is 47.5 Å². The second-order valence-corrected chi connectivity index (χ2v) is 4.00. The quantitative estimate of drug-likeness (QED) is 0.801. The number of carbonyl (C=O) groups is 2. The summed E-state index contributed by atoms with van der Waals surface area (Å²) in [7, 11) is 0. The maximum Gasteiger partial charge on any atom is 0.471 e. The zero-order valence-electron chi connectivity index (χ0n) is 9.15. The van der Waals surface area contributed by atoms with E-state index in [0.29, 0.717) is 6.07 Å². The third-order valence-corrected chi connectivity index (χ3v) is 2.69. The fourth-order valence-corrected chi connectivity index (χ4v) is 1.93. The van der Waals surface area contributed by atoms with Crippen LogP contribution in [0.5, 0.6) is 0 Å². The van der Waals surface area contributed by atoms with Crippen molar-refractivity contribution in [1.82, 2.24) is 5.32 Å². The Morgan fingerprint density at radius 2 is 1.89 bits per heavy atom. The minimum atomic E-state index is -5.13. The highest BCUT2D eigenvalue weighted by Gasteiger charge is 2.42. The van der Waals surface area contributed by atoms with Gasteiger partial charge in [0, 0.05) is 12.5 Å². The zero-order chi connectivity index (χ0) is 14.4. The average Bonchev–Trinajstić information content (AvgIpc) is 2.54. The highest BCUT2D eigenvalue weighted by Crippen LogP contribution is 2.34. The molecule has 1 amide bonds. The standard InChI is InChI=1S/C11H6F5NO2/c12-4-1-5-7(17-10(19)11(14,15)16)3-8(18)9(5)6(13)2-4/h1-2,7H,3H2,(H,17,19). The number of Topliss-reactive ketones (excluding diaryl/α,β-unsaturated/α-hetero) is 1. The van der Waals surface area contributed by atoms with E-state index in [1.807, 2.05) is 0 Å². The van der Waals surface area contributed by atoms with Crippen molar-refractivity contribution < 1.29 is 31.5 Å². The van der Waals surface area contributed by atoms with Crippen molar-refractivity contribution in [1.29, 1.82) is 0 Å². The first-order chi connectivity index (χ1) is 8.70. The molecule has 1 aliphatic carbocycles. The molecule has 0 saturated carbocycles. The molecule has 1 aromatic rings. The van der Waals surface area contributed by atoms with Crippen molar-refractivity contribution >= 4 is 11.7 Å². The van der Waals surface area contributed by atoms with Crippen molar-refractivity contribution in [3.05, 3.63) is 34.9 Å². The van der Waals surface area contributed by atoms with Gasteiger partial charge in [-0.15, -0.1) is 0 Å². The lowest BCUT2D eigenvalue weighted by Crippen LogP contribution is -2.38. The van der Waals surface area contributed by atoms with Gasteiger partial charge >= 0.3 is 12.1 Å². The van der Waals surface area contributed by atoms with E-state index in [-0.39, 0.29) is 5.56 Å². The van der Waals surface area contributed by atoms with Gasteiger partial charge in [0.15, 0.2) is 5.78 Å². The predicted molar refractivity (Wildman–Crippen MR) is 52.2 cm³/mol. The van der Waals surface area contributed by atoms with Crippen LogP contribution in [0.2, 0.25) is 0 Å². The Kier molecular flexibility index (Phi) is 3.03. The second-order valence-electron chi connectivity index (χ2n) is 4.00. The summed E-state index contributed by atoms with van der Waals surface area (Å²) >= 11 is 0. The van der Waals surface area contributed by atoms with Crippen LogP contribution in [0.4, 0.5) is 22.0 Å². The SMILES string of the molecule is O=C1CC(NC(=O)C(F)(F)F)c2cc(F)cc(F)c21. The molecule has 0 fully saturated rings. The van der Waals surface area contributed by atoms with Crippen molar-refractivity contribution in [3.8, 4) is 0 Å². The average molecular weight is 279 g/mol. The molecular weight excluding hydrogens is 273 g/mol. The molecule has 0 saturated heterocycles. The number of alkyl halides is 3. The summed E-state index contributed by atoms with van der Waals surface area (Å²) < 4.78 is 62.6.